The molecule has 0 aromatic heterocycles. The molecule has 1 nitrogen and oxygen atoms in total. The Kier molecular flexibility index (Phi) is 34.9. The van der Waals surface area contributed by atoms with Gasteiger partial charge in [0.2, 0.25) is 0 Å². The van der Waals surface area contributed by atoms with Gasteiger partial charge in [0.05, 0.1) is 0 Å². The predicted octanol–water partition coefficient (Wildman–Crippen LogP) is 2.91. The van der Waals surface area contributed by atoms with Crippen molar-refractivity contribution in [1.82, 2.24) is 0 Å². The molecule has 78 valence electrons. The van der Waals surface area contributed by atoms with E-state index < -0.39 is 0 Å². The Bertz CT molecular complexity index is 47.8. The summed E-state index contributed by atoms with van der Waals surface area (Å²) < 4.78 is 0. The highest BCUT2D eigenvalue weighted by molar-refractivity contribution is 7.59. The Morgan fingerprint density at radius 1 is 1.00 bits per heavy atom. The van der Waals surface area contributed by atoms with Crippen LogP contribution in [-0.2, 0) is 0 Å². The van der Waals surface area contributed by atoms with E-state index in [0.717, 1.165) is 13.0 Å². The molecule has 0 aromatic rings. The van der Waals surface area contributed by atoms with Crippen LogP contribution < -0.4 is 5.73 Å². The van der Waals surface area contributed by atoms with Crippen molar-refractivity contribution in [2.45, 2.75) is 46.0 Å². The third-order valence-corrected chi connectivity index (χ3v) is 1.75. The van der Waals surface area contributed by atoms with Gasteiger partial charge in [-0.05, 0) is 25.5 Å². The summed E-state index contributed by atoms with van der Waals surface area (Å²) in [6.45, 7) is 5.11. The van der Waals surface area contributed by atoms with Gasteiger partial charge in [-0.3, -0.25) is 0 Å². The molecule has 0 aromatic carbocycles. The van der Waals surface area contributed by atoms with E-state index in [2.05, 4.69) is 23.1 Å². The summed E-state index contributed by atoms with van der Waals surface area (Å²) in [5, 5.41) is 0. The van der Waals surface area contributed by atoms with Crippen LogP contribution >= 0.6 is 22.7 Å². The van der Waals surface area contributed by atoms with Crippen molar-refractivity contribution in [3.05, 3.63) is 0 Å². The van der Waals surface area contributed by atoms with Crippen LogP contribution in [0, 0.1) is 0 Å². The average Bonchev–Trinajstić information content (AvgIpc) is 2.06. The molecule has 0 aliphatic carbocycles. The molecule has 12 heavy (non-hydrogen) atoms. The summed E-state index contributed by atoms with van der Waals surface area (Å²) in [5.74, 6) is 0. The zero-order valence-electron chi connectivity index (χ0n) is 8.60. The smallest absolute Gasteiger partial charge is 0.00799 e. The van der Waals surface area contributed by atoms with Crippen LogP contribution in [0.2, 0.25) is 0 Å². The fourth-order valence-electron chi connectivity index (χ4n) is 0.571. The molecule has 0 bridgehead atoms. The van der Waals surface area contributed by atoms with Gasteiger partial charge in [-0.25, -0.2) is 0 Å². The predicted molar refractivity (Wildman–Crippen MR) is 68.4 cm³/mol. The van der Waals surface area contributed by atoms with E-state index in [0.29, 0.717) is 0 Å². The summed E-state index contributed by atoms with van der Waals surface area (Å²) >= 11 is 0. The lowest BCUT2D eigenvalue weighted by Gasteiger charge is -1.90. The first-order chi connectivity index (χ1) is 5.33. The summed E-state index contributed by atoms with van der Waals surface area (Å²) in [4.78, 5) is 0. The van der Waals surface area contributed by atoms with E-state index in [4.69, 9.17) is 5.73 Å². The van der Waals surface area contributed by atoms with Crippen molar-refractivity contribution in [2.75, 3.05) is 12.7 Å². The SMILES string of the molecule is CCCCCCP.CCCN.S. The first-order valence-corrected chi connectivity index (χ1v) is 5.55. The van der Waals surface area contributed by atoms with Crippen molar-refractivity contribution in [1.29, 1.82) is 0 Å². The molecule has 0 rings (SSSR count). The Balaban J connectivity index is -0.000000142. The van der Waals surface area contributed by atoms with Crippen LogP contribution in [0.4, 0.5) is 0 Å². The minimum atomic E-state index is 0. The van der Waals surface area contributed by atoms with Gasteiger partial charge >= 0.3 is 0 Å². The van der Waals surface area contributed by atoms with Gasteiger partial charge in [0, 0.05) is 0 Å². The largest absolute Gasteiger partial charge is 0.330 e. The highest BCUT2D eigenvalue weighted by atomic mass is 32.1. The lowest BCUT2D eigenvalue weighted by atomic mass is 10.2. The lowest BCUT2D eigenvalue weighted by molar-refractivity contribution is 0.706. The number of nitrogens with two attached hydrogens (primary N) is 1. The van der Waals surface area contributed by atoms with Gasteiger partial charge in [-0.1, -0.05) is 33.1 Å². The first-order valence-electron chi connectivity index (χ1n) is 4.73. The quantitative estimate of drug-likeness (QED) is 0.549. The van der Waals surface area contributed by atoms with E-state index in [9.17, 15) is 0 Å². The van der Waals surface area contributed by atoms with Crippen molar-refractivity contribution in [2.24, 2.45) is 5.73 Å². The van der Waals surface area contributed by atoms with Gasteiger partial charge < -0.3 is 5.73 Å². The topological polar surface area (TPSA) is 26.0 Å². The van der Waals surface area contributed by atoms with Crippen LogP contribution in [-0.4, -0.2) is 12.7 Å². The standard InChI is InChI=1S/C6H15P.C3H9N.H2S/c1-2-3-4-5-6-7;1-2-3-4;/h2-7H2,1H3;2-4H2,1H3;1H2. The summed E-state index contributed by atoms with van der Waals surface area (Å²) in [7, 11) is 2.75. The summed E-state index contributed by atoms with van der Waals surface area (Å²) in [5.41, 5.74) is 5.03. The minimum Gasteiger partial charge on any atom is -0.330 e. The summed E-state index contributed by atoms with van der Waals surface area (Å²) in [6.07, 6.45) is 7.94. The Morgan fingerprint density at radius 2 is 1.50 bits per heavy atom. The number of unbranched alkanes of at least 4 members (excludes halogenated alkanes) is 3. The monoisotopic (exact) mass is 211 g/mol. The van der Waals surface area contributed by atoms with Gasteiger partial charge in [-0.15, -0.1) is 9.24 Å². The molecular weight excluding hydrogens is 185 g/mol. The molecule has 0 aliphatic rings. The van der Waals surface area contributed by atoms with Crippen molar-refractivity contribution >= 4 is 22.7 Å². The van der Waals surface area contributed by atoms with Gasteiger partial charge in [0.25, 0.3) is 0 Å². The second-order valence-corrected chi connectivity index (χ2v) is 3.22. The van der Waals surface area contributed by atoms with E-state index in [1.54, 1.807) is 0 Å². The highest BCUT2D eigenvalue weighted by Gasteiger charge is 1.80. The van der Waals surface area contributed by atoms with E-state index in [1.165, 1.54) is 31.8 Å². The Hall–Kier alpha value is 0.740. The minimum absolute atomic E-state index is 0. The zero-order chi connectivity index (χ0) is 8.95. The maximum atomic E-state index is 5.03. The summed E-state index contributed by atoms with van der Waals surface area (Å²) in [6, 6.07) is 0. The fourth-order valence-corrected chi connectivity index (χ4v) is 0.860. The van der Waals surface area contributed by atoms with Gasteiger partial charge in [0.1, 0.15) is 0 Å². The molecule has 0 fully saturated rings. The number of hydrogen-bond donors (Lipinski definition) is 1. The molecule has 0 amide bonds. The third-order valence-electron chi connectivity index (χ3n) is 1.35. The first kappa shape index (κ1) is 18.5. The molecule has 0 heterocycles. The molecule has 0 saturated heterocycles. The third kappa shape index (κ3) is 30.9. The van der Waals surface area contributed by atoms with Crippen molar-refractivity contribution in [3.63, 3.8) is 0 Å². The van der Waals surface area contributed by atoms with Crippen LogP contribution in [0.15, 0.2) is 0 Å². The maximum absolute atomic E-state index is 5.03. The fraction of sp³-hybridized carbons (Fsp3) is 1.00. The van der Waals surface area contributed by atoms with Gasteiger partial charge in [0.15, 0.2) is 0 Å². The molecular formula is C9H26NPS. The van der Waals surface area contributed by atoms with E-state index in [-0.39, 0.29) is 13.5 Å². The molecule has 3 heteroatoms. The maximum Gasteiger partial charge on any atom is -0.00799 e. The highest BCUT2D eigenvalue weighted by Crippen LogP contribution is 2.00. The lowest BCUT2D eigenvalue weighted by Crippen LogP contribution is -1.93. The Morgan fingerprint density at radius 3 is 1.75 bits per heavy atom. The van der Waals surface area contributed by atoms with Crippen LogP contribution in [0.25, 0.3) is 0 Å². The molecule has 2 N–H and O–H groups in total. The molecule has 0 saturated carbocycles. The number of hydrogen-bond acceptors (Lipinski definition) is 1. The second-order valence-electron chi connectivity index (χ2n) is 2.64. The number of rotatable bonds is 5. The molecule has 0 spiro atoms. The van der Waals surface area contributed by atoms with E-state index in [1.807, 2.05) is 0 Å². The van der Waals surface area contributed by atoms with Gasteiger partial charge in [-0.2, -0.15) is 13.5 Å². The average molecular weight is 211 g/mol. The van der Waals surface area contributed by atoms with Crippen LogP contribution in [0.3, 0.4) is 0 Å². The van der Waals surface area contributed by atoms with Crippen LogP contribution in [0.1, 0.15) is 46.0 Å². The molecule has 1 atom stereocenters. The molecule has 0 radical (unpaired) electrons. The zero-order valence-corrected chi connectivity index (χ0v) is 10.8. The Labute approximate surface area is 87.5 Å². The molecule has 0 aliphatic heterocycles. The normalized spacial score (nSPS) is 8.00. The van der Waals surface area contributed by atoms with Crippen LogP contribution in [0.5, 0.6) is 0 Å². The van der Waals surface area contributed by atoms with Crippen molar-refractivity contribution < 1.29 is 0 Å². The van der Waals surface area contributed by atoms with E-state index >= 15 is 0 Å². The second kappa shape index (κ2) is 22.6. The molecule has 1 unspecified atom stereocenters. The van der Waals surface area contributed by atoms with Crippen molar-refractivity contribution in [3.8, 4) is 0 Å².